The summed E-state index contributed by atoms with van der Waals surface area (Å²) in [6.07, 6.45) is 0.748. The Bertz CT molecular complexity index is 924. The van der Waals surface area contributed by atoms with Gasteiger partial charge in [-0.3, -0.25) is 24.5 Å². The number of esters is 1. The Labute approximate surface area is 198 Å². The fourth-order valence-electron chi connectivity index (χ4n) is 3.73. The topological polar surface area (TPSA) is 120 Å². The Morgan fingerprint density at radius 3 is 2.47 bits per heavy atom. The van der Waals surface area contributed by atoms with Crippen LogP contribution in [-0.4, -0.2) is 73.3 Å². The average Bonchev–Trinajstić information content (AvgIpc) is 3.07. The van der Waals surface area contributed by atoms with Crippen LogP contribution in [0, 0.1) is 0 Å². The number of amides is 3. The summed E-state index contributed by atoms with van der Waals surface area (Å²) in [5, 5.41) is 2.29. The zero-order valence-corrected chi connectivity index (χ0v) is 19.9. The summed E-state index contributed by atoms with van der Waals surface area (Å²) in [7, 11) is 0. The van der Waals surface area contributed by atoms with E-state index in [0.29, 0.717) is 50.7 Å². The van der Waals surface area contributed by atoms with Gasteiger partial charge in [-0.15, -0.1) is 0 Å². The molecule has 1 fully saturated rings. The molecule has 2 heterocycles. The van der Waals surface area contributed by atoms with Crippen LogP contribution in [0.3, 0.4) is 0 Å². The third kappa shape index (κ3) is 7.26. The van der Waals surface area contributed by atoms with E-state index in [1.165, 1.54) is 4.90 Å². The molecular weight excluding hydrogens is 444 g/mol. The Kier molecular flexibility index (Phi) is 8.62. The Hall–Kier alpha value is -2.98. The smallest absolute Gasteiger partial charge is 0.308 e. The van der Waals surface area contributed by atoms with Crippen molar-refractivity contribution in [2.75, 3.05) is 33.0 Å². The van der Waals surface area contributed by atoms with Crippen molar-refractivity contribution in [1.29, 1.82) is 0 Å². The third-order valence-corrected chi connectivity index (χ3v) is 5.23. The molecule has 0 aromatic heterocycles. The first-order valence-corrected chi connectivity index (χ1v) is 11.4. The number of hydrogen-bond acceptors (Lipinski definition) is 8. The molecule has 2 aliphatic rings. The van der Waals surface area contributed by atoms with Crippen LogP contribution in [0.2, 0.25) is 0 Å². The van der Waals surface area contributed by atoms with Crippen LogP contribution in [0.25, 0.3) is 0 Å². The summed E-state index contributed by atoms with van der Waals surface area (Å²) in [5.74, 6) is -0.645. The lowest BCUT2D eigenvalue weighted by Gasteiger charge is -2.29. The number of nitrogens with zero attached hydrogens (tertiary/aromatic N) is 1. The van der Waals surface area contributed by atoms with Crippen molar-refractivity contribution >= 4 is 23.7 Å². The molecule has 10 heteroatoms. The van der Waals surface area contributed by atoms with Crippen molar-refractivity contribution < 1.29 is 38.1 Å². The molecule has 1 unspecified atom stereocenters. The number of carbonyl (C=O) groups excluding carboxylic acids is 4. The number of nitrogens with one attached hydrogen (secondary N) is 1. The van der Waals surface area contributed by atoms with Crippen LogP contribution < -0.4 is 10.1 Å². The largest absolute Gasteiger partial charge is 0.491 e. The van der Waals surface area contributed by atoms with Crippen molar-refractivity contribution in [3.05, 3.63) is 29.3 Å². The molecule has 3 amide bonds. The second-order valence-electron chi connectivity index (χ2n) is 9.13. The van der Waals surface area contributed by atoms with E-state index in [2.05, 4.69) is 5.32 Å². The number of hydrogen-bond donors (Lipinski definition) is 1. The molecule has 34 heavy (non-hydrogen) atoms. The number of carbonyl (C=O) groups is 4. The second-order valence-corrected chi connectivity index (χ2v) is 9.13. The number of fused-ring (bicyclic) bond motifs is 1. The van der Waals surface area contributed by atoms with Crippen molar-refractivity contribution in [1.82, 2.24) is 10.2 Å². The zero-order chi connectivity index (χ0) is 24.7. The summed E-state index contributed by atoms with van der Waals surface area (Å²) in [6.45, 7) is 7.44. The molecule has 1 N–H and O–H groups in total. The van der Waals surface area contributed by atoms with E-state index in [0.717, 1.165) is 5.56 Å². The first-order valence-electron chi connectivity index (χ1n) is 11.4. The van der Waals surface area contributed by atoms with Gasteiger partial charge in [0.1, 0.15) is 24.0 Å². The number of benzene rings is 1. The fraction of sp³-hybridized carbons (Fsp3) is 0.583. The van der Waals surface area contributed by atoms with Gasteiger partial charge in [-0.1, -0.05) is 0 Å². The van der Waals surface area contributed by atoms with Crippen LogP contribution in [0.5, 0.6) is 5.75 Å². The maximum absolute atomic E-state index is 12.7. The summed E-state index contributed by atoms with van der Waals surface area (Å²) >= 11 is 0. The second kappa shape index (κ2) is 11.4. The van der Waals surface area contributed by atoms with Crippen molar-refractivity contribution in [2.45, 2.75) is 58.2 Å². The van der Waals surface area contributed by atoms with E-state index in [4.69, 9.17) is 18.9 Å². The molecule has 1 saturated heterocycles. The lowest BCUT2D eigenvalue weighted by Crippen LogP contribution is -2.52. The maximum Gasteiger partial charge on any atom is 0.308 e. The summed E-state index contributed by atoms with van der Waals surface area (Å²) < 4.78 is 21.7. The van der Waals surface area contributed by atoms with Crippen molar-refractivity contribution in [3.63, 3.8) is 0 Å². The molecule has 10 nitrogen and oxygen atoms in total. The molecule has 1 aromatic rings. The Morgan fingerprint density at radius 2 is 1.76 bits per heavy atom. The van der Waals surface area contributed by atoms with Gasteiger partial charge in [-0.2, -0.15) is 0 Å². The first kappa shape index (κ1) is 25.6. The van der Waals surface area contributed by atoms with Crippen molar-refractivity contribution in [3.8, 4) is 5.75 Å². The molecule has 1 atom stereocenters. The van der Waals surface area contributed by atoms with E-state index in [1.54, 1.807) is 18.2 Å². The summed E-state index contributed by atoms with van der Waals surface area (Å²) in [5.41, 5.74) is 0.824. The van der Waals surface area contributed by atoms with Gasteiger partial charge in [0.05, 0.1) is 32.8 Å². The Balaban J connectivity index is 1.32. The monoisotopic (exact) mass is 476 g/mol. The van der Waals surface area contributed by atoms with E-state index >= 15 is 0 Å². The van der Waals surface area contributed by atoms with Gasteiger partial charge in [0.25, 0.3) is 5.91 Å². The molecule has 186 valence electrons. The van der Waals surface area contributed by atoms with E-state index in [9.17, 15) is 19.2 Å². The molecule has 3 rings (SSSR count). The van der Waals surface area contributed by atoms with E-state index in [-0.39, 0.29) is 37.2 Å². The number of rotatable bonds is 11. The van der Waals surface area contributed by atoms with Gasteiger partial charge in [-0.25, -0.2) is 0 Å². The number of piperidine rings is 1. The normalized spacial score (nSPS) is 18.0. The average molecular weight is 477 g/mol. The van der Waals surface area contributed by atoms with Gasteiger partial charge in [-0.05, 0) is 51.0 Å². The van der Waals surface area contributed by atoms with Crippen LogP contribution in [0.4, 0.5) is 0 Å². The van der Waals surface area contributed by atoms with Gasteiger partial charge >= 0.3 is 5.97 Å². The number of imide groups is 1. The first-order chi connectivity index (χ1) is 16.1. The fourth-order valence-corrected chi connectivity index (χ4v) is 3.73. The highest BCUT2D eigenvalue weighted by molar-refractivity contribution is 6.05. The SMILES string of the molecule is CC(C)(C)OC(=O)CCOCCOCCOc1ccc2c(c1)CN(C1CCC(=O)NC1=O)C2=O. The van der Waals surface area contributed by atoms with Gasteiger partial charge in [0.15, 0.2) is 0 Å². The molecule has 2 aliphatic heterocycles. The minimum absolute atomic E-state index is 0.197. The zero-order valence-electron chi connectivity index (χ0n) is 19.9. The standard InChI is InChI=1S/C24H32N2O8/c1-24(2,3)34-21(28)8-9-31-10-11-32-12-13-33-17-4-5-18-16(14-17)15-26(23(18)30)19-6-7-20(27)25-22(19)29/h4-5,14,19H,6-13,15H2,1-3H3,(H,25,27,29). The molecular formula is C24H32N2O8. The molecule has 0 aliphatic carbocycles. The third-order valence-electron chi connectivity index (χ3n) is 5.23. The molecule has 0 bridgehead atoms. The van der Waals surface area contributed by atoms with E-state index < -0.39 is 17.6 Å². The lowest BCUT2D eigenvalue weighted by atomic mass is 10.0. The van der Waals surface area contributed by atoms with Crippen LogP contribution >= 0.6 is 0 Å². The molecule has 0 saturated carbocycles. The maximum atomic E-state index is 12.7. The predicted octanol–water partition coefficient (Wildman–Crippen LogP) is 1.59. The minimum atomic E-state index is -0.637. The van der Waals surface area contributed by atoms with Crippen LogP contribution in [-0.2, 0) is 35.1 Å². The molecule has 0 spiro atoms. The van der Waals surface area contributed by atoms with Gasteiger partial charge in [0.2, 0.25) is 11.8 Å². The van der Waals surface area contributed by atoms with Gasteiger partial charge in [0, 0.05) is 18.5 Å². The highest BCUT2D eigenvalue weighted by atomic mass is 16.6. The van der Waals surface area contributed by atoms with Crippen LogP contribution in [0.15, 0.2) is 18.2 Å². The van der Waals surface area contributed by atoms with Gasteiger partial charge < -0.3 is 23.8 Å². The molecule has 0 radical (unpaired) electrons. The number of ether oxygens (including phenoxy) is 4. The predicted molar refractivity (Wildman–Crippen MR) is 120 cm³/mol. The molecule has 1 aromatic carbocycles. The van der Waals surface area contributed by atoms with E-state index in [1.807, 2.05) is 20.8 Å². The highest BCUT2D eigenvalue weighted by Gasteiger charge is 2.39. The lowest BCUT2D eigenvalue weighted by molar-refractivity contribution is -0.156. The summed E-state index contributed by atoms with van der Waals surface area (Å²) in [6, 6.07) is 4.56. The van der Waals surface area contributed by atoms with Crippen molar-refractivity contribution in [2.24, 2.45) is 0 Å². The minimum Gasteiger partial charge on any atom is -0.491 e. The summed E-state index contributed by atoms with van der Waals surface area (Å²) in [4.78, 5) is 49.3. The Morgan fingerprint density at radius 1 is 1.06 bits per heavy atom. The highest BCUT2D eigenvalue weighted by Crippen LogP contribution is 2.30. The van der Waals surface area contributed by atoms with Crippen LogP contribution in [0.1, 0.15) is 56.0 Å². The quantitative estimate of drug-likeness (QED) is 0.290.